The van der Waals surface area contributed by atoms with E-state index in [9.17, 15) is 18.0 Å². The van der Waals surface area contributed by atoms with Gasteiger partial charge in [0.1, 0.15) is 6.61 Å². The molecule has 1 aromatic rings. The summed E-state index contributed by atoms with van der Waals surface area (Å²) in [5.74, 6) is -1.09. The van der Waals surface area contributed by atoms with Crippen molar-refractivity contribution >= 4 is 21.8 Å². The van der Waals surface area contributed by atoms with Gasteiger partial charge in [-0.2, -0.15) is 0 Å². The zero-order valence-electron chi connectivity index (χ0n) is 14.5. The third-order valence-corrected chi connectivity index (χ3v) is 5.49. The van der Waals surface area contributed by atoms with Crippen molar-refractivity contribution in [1.29, 1.82) is 0 Å². The second kappa shape index (κ2) is 10.7. The average molecular weight is 368 g/mol. The molecule has 0 aliphatic rings. The Morgan fingerprint density at radius 2 is 1.80 bits per heavy atom. The van der Waals surface area contributed by atoms with Gasteiger partial charge in [-0.25, -0.2) is 8.42 Å². The van der Waals surface area contributed by atoms with E-state index in [1.807, 2.05) is 0 Å². The molecule has 0 fully saturated rings. The molecule has 0 amide bonds. The molecule has 0 aromatic heterocycles. The fourth-order valence-corrected chi connectivity index (χ4v) is 3.85. The Morgan fingerprint density at radius 3 is 2.40 bits per heavy atom. The Bertz CT molecular complexity index is 679. The number of hydrogen-bond donors (Lipinski definition) is 0. The molecular weight excluding hydrogens is 344 g/mol. The molecule has 1 unspecified atom stereocenters. The molecule has 1 aromatic carbocycles. The van der Waals surface area contributed by atoms with E-state index in [1.54, 1.807) is 37.3 Å². The smallest absolute Gasteiger partial charge is 0.324 e. The minimum absolute atomic E-state index is 0.110. The fraction of sp³-hybridized carbons (Fsp3) is 0.444. The van der Waals surface area contributed by atoms with Gasteiger partial charge in [0.15, 0.2) is 15.1 Å². The molecule has 0 saturated heterocycles. The predicted molar refractivity (Wildman–Crippen MR) is 93.7 cm³/mol. The maximum absolute atomic E-state index is 12.7. The van der Waals surface area contributed by atoms with Crippen molar-refractivity contribution in [1.82, 2.24) is 0 Å². The number of esters is 2. The van der Waals surface area contributed by atoms with Crippen LogP contribution in [0.15, 0.2) is 47.4 Å². The number of hydrogen-bond acceptors (Lipinski definition) is 6. The molecule has 6 nitrogen and oxygen atoms in total. The van der Waals surface area contributed by atoms with E-state index in [0.717, 1.165) is 0 Å². The monoisotopic (exact) mass is 368 g/mol. The second-order valence-electron chi connectivity index (χ2n) is 5.30. The van der Waals surface area contributed by atoms with Crippen molar-refractivity contribution in [3.63, 3.8) is 0 Å². The Labute approximate surface area is 148 Å². The van der Waals surface area contributed by atoms with Crippen LogP contribution in [-0.2, 0) is 28.9 Å². The van der Waals surface area contributed by atoms with Crippen molar-refractivity contribution < 1.29 is 27.5 Å². The average Bonchev–Trinajstić information content (AvgIpc) is 2.57. The van der Waals surface area contributed by atoms with Crippen LogP contribution in [0, 0.1) is 0 Å². The normalized spacial score (nSPS) is 12.7. The molecule has 138 valence electrons. The maximum atomic E-state index is 12.7. The minimum Gasteiger partial charge on any atom is -0.465 e. The van der Waals surface area contributed by atoms with E-state index in [4.69, 9.17) is 9.47 Å². The van der Waals surface area contributed by atoms with Gasteiger partial charge in [-0.15, -0.1) is 0 Å². The van der Waals surface area contributed by atoms with E-state index in [0.29, 0.717) is 12.8 Å². The Morgan fingerprint density at radius 1 is 1.12 bits per heavy atom. The standard InChI is InChI=1S/C18H24O6S/c1-3-23-18(20)17(13-9-4-5-10-14-24-15(2)19)25(21,22)16-11-7-6-8-12-16/h5-8,10-12,17H,3-4,9,13-14H2,1-2H3/b10-5+. The highest BCUT2D eigenvalue weighted by atomic mass is 32.2. The zero-order chi connectivity index (χ0) is 18.7. The number of sulfone groups is 1. The number of benzene rings is 1. The molecule has 0 radical (unpaired) electrons. The van der Waals surface area contributed by atoms with Crippen LogP contribution in [0.2, 0.25) is 0 Å². The van der Waals surface area contributed by atoms with Crippen LogP contribution < -0.4 is 0 Å². The van der Waals surface area contributed by atoms with Crippen molar-refractivity contribution in [2.45, 2.75) is 43.3 Å². The predicted octanol–water partition coefficient (Wildman–Crippen LogP) is 2.68. The van der Waals surface area contributed by atoms with Crippen molar-refractivity contribution in [3.8, 4) is 0 Å². The SMILES string of the molecule is CCOC(=O)C(CCC/C=C/COC(C)=O)S(=O)(=O)c1ccccc1. The molecule has 7 heteroatoms. The third-order valence-electron chi connectivity index (χ3n) is 3.38. The van der Waals surface area contributed by atoms with E-state index in [1.165, 1.54) is 19.1 Å². The molecular formula is C18H24O6S. The Kier molecular flexibility index (Phi) is 8.91. The van der Waals surface area contributed by atoms with E-state index in [-0.39, 0.29) is 30.5 Å². The van der Waals surface area contributed by atoms with E-state index < -0.39 is 21.1 Å². The summed E-state index contributed by atoms with van der Waals surface area (Å²) in [6.45, 7) is 3.27. The van der Waals surface area contributed by atoms with Crippen molar-refractivity contribution in [3.05, 3.63) is 42.5 Å². The topological polar surface area (TPSA) is 86.7 Å². The third kappa shape index (κ3) is 7.09. The van der Waals surface area contributed by atoms with Crippen LogP contribution in [0.3, 0.4) is 0 Å². The molecule has 0 aliphatic heterocycles. The molecule has 1 atom stereocenters. The number of ether oxygens (including phenoxy) is 2. The van der Waals surface area contributed by atoms with Gasteiger partial charge < -0.3 is 9.47 Å². The first kappa shape index (κ1) is 20.9. The quantitative estimate of drug-likeness (QED) is 0.358. The number of allylic oxidation sites excluding steroid dienone is 1. The van der Waals surface area contributed by atoms with Gasteiger partial charge in [-0.05, 0) is 38.3 Å². The molecule has 0 heterocycles. The van der Waals surface area contributed by atoms with Gasteiger partial charge in [-0.3, -0.25) is 9.59 Å². The molecule has 0 bridgehead atoms. The lowest BCUT2D eigenvalue weighted by Gasteiger charge is -2.16. The van der Waals surface area contributed by atoms with Crippen LogP contribution in [0.1, 0.15) is 33.1 Å². The minimum atomic E-state index is -3.80. The summed E-state index contributed by atoms with van der Waals surface area (Å²) in [7, 11) is -3.80. The highest BCUT2D eigenvalue weighted by Gasteiger charge is 2.34. The Balaban J connectivity index is 2.72. The van der Waals surface area contributed by atoms with Crippen LogP contribution in [0.5, 0.6) is 0 Å². The molecule has 25 heavy (non-hydrogen) atoms. The number of rotatable bonds is 10. The first-order valence-corrected chi connectivity index (χ1v) is 9.68. The summed E-state index contributed by atoms with van der Waals surface area (Å²) in [5, 5.41) is -1.23. The first-order chi connectivity index (χ1) is 11.9. The number of carbonyl (C=O) groups excluding carboxylic acids is 2. The first-order valence-electron chi connectivity index (χ1n) is 8.13. The molecule has 0 N–H and O–H groups in total. The van der Waals surface area contributed by atoms with Crippen molar-refractivity contribution in [2.75, 3.05) is 13.2 Å². The molecule has 0 aliphatic carbocycles. The van der Waals surface area contributed by atoms with Gasteiger partial charge in [0.2, 0.25) is 0 Å². The lowest BCUT2D eigenvalue weighted by molar-refractivity contribution is -0.143. The summed E-state index contributed by atoms with van der Waals surface area (Å²) in [4.78, 5) is 22.9. The summed E-state index contributed by atoms with van der Waals surface area (Å²) in [6.07, 6.45) is 4.70. The zero-order valence-corrected chi connectivity index (χ0v) is 15.3. The summed E-state index contributed by atoms with van der Waals surface area (Å²) < 4.78 is 35.1. The van der Waals surface area contributed by atoms with Crippen LogP contribution in [0.25, 0.3) is 0 Å². The van der Waals surface area contributed by atoms with Gasteiger partial charge in [0.25, 0.3) is 0 Å². The van der Waals surface area contributed by atoms with Crippen LogP contribution in [-0.4, -0.2) is 38.8 Å². The second-order valence-corrected chi connectivity index (χ2v) is 7.43. The summed E-state index contributed by atoms with van der Waals surface area (Å²) in [5.41, 5.74) is 0. The molecule has 0 spiro atoms. The van der Waals surface area contributed by atoms with E-state index >= 15 is 0 Å². The summed E-state index contributed by atoms with van der Waals surface area (Å²) in [6, 6.07) is 7.90. The highest BCUT2D eigenvalue weighted by Crippen LogP contribution is 2.21. The van der Waals surface area contributed by atoms with E-state index in [2.05, 4.69) is 0 Å². The van der Waals surface area contributed by atoms with Crippen LogP contribution in [0.4, 0.5) is 0 Å². The van der Waals surface area contributed by atoms with Gasteiger partial charge in [-0.1, -0.05) is 30.4 Å². The number of unbranched alkanes of at least 4 members (excludes halogenated alkanes) is 1. The largest absolute Gasteiger partial charge is 0.465 e. The van der Waals surface area contributed by atoms with Gasteiger partial charge in [0, 0.05) is 6.92 Å². The van der Waals surface area contributed by atoms with Crippen molar-refractivity contribution in [2.24, 2.45) is 0 Å². The van der Waals surface area contributed by atoms with Gasteiger partial charge in [0.05, 0.1) is 11.5 Å². The van der Waals surface area contributed by atoms with Crippen LogP contribution >= 0.6 is 0 Å². The lowest BCUT2D eigenvalue weighted by Crippen LogP contribution is -2.32. The summed E-state index contributed by atoms with van der Waals surface area (Å²) >= 11 is 0. The number of carbonyl (C=O) groups is 2. The fourth-order valence-electron chi connectivity index (χ4n) is 2.18. The maximum Gasteiger partial charge on any atom is 0.324 e. The molecule has 0 saturated carbocycles. The Hall–Kier alpha value is -2.15. The van der Waals surface area contributed by atoms with Gasteiger partial charge >= 0.3 is 11.9 Å². The molecule has 1 rings (SSSR count). The lowest BCUT2D eigenvalue weighted by atomic mass is 10.2. The highest BCUT2D eigenvalue weighted by molar-refractivity contribution is 7.92.